The van der Waals surface area contributed by atoms with E-state index in [0.717, 1.165) is 0 Å². The molecule has 0 bridgehead atoms. The Bertz CT molecular complexity index is 221. The Morgan fingerprint density at radius 1 is 1.07 bits per heavy atom. The molecule has 80 valence electrons. The van der Waals surface area contributed by atoms with Crippen molar-refractivity contribution in [2.45, 2.75) is 39.0 Å². The van der Waals surface area contributed by atoms with Gasteiger partial charge < -0.3 is 9.84 Å². The van der Waals surface area contributed by atoms with Crippen LogP contribution in [0.2, 0.25) is 0 Å². The van der Waals surface area contributed by atoms with Gasteiger partial charge in [0.1, 0.15) is 0 Å². The average Bonchev–Trinajstić information content (AvgIpc) is 2.12. The lowest BCUT2D eigenvalue weighted by atomic mass is 10.2. The minimum atomic E-state index is -0.886. The van der Waals surface area contributed by atoms with E-state index >= 15 is 0 Å². The molecule has 0 aliphatic rings. The molecular formula is C9H14O5. The normalized spacial score (nSPS) is 9.50. The number of ether oxygens (including phenoxy) is 1. The fourth-order valence-corrected chi connectivity index (χ4v) is 0.796. The summed E-state index contributed by atoms with van der Waals surface area (Å²) in [6.07, 6.45) is 1.15. The number of unbranched alkanes of at least 4 members (excludes halogenated alkanes) is 1. The Morgan fingerprint density at radius 3 is 2.14 bits per heavy atom. The number of aliphatic carboxylic acids is 1. The van der Waals surface area contributed by atoms with E-state index in [9.17, 15) is 14.4 Å². The first kappa shape index (κ1) is 12.6. The number of hydrogen-bond acceptors (Lipinski definition) is 4. The van der Waals surface area contributed by atoms with Gasteiger partial charge in [-0.05, 0) is 12.8 Å². The Balaban J connectivity index is 3.45. The van der Waals surface area contributed by atoms with Gasteiger partial charge in [-0.15, -0.1) is 0 Å². The van der Waals surface area contributed by atoms with Crippen LogP contribution in [0.25, 0.3) is 0 Å². The fourth-order valence-electron chi connectivity index (χ4n) is 0.796. The van der Waals surface area contributed by atoms with Crippen LogP contribution in [0.15, 0.2) is 0 Å². The molecule has 5 nitrogen and oxygen atoms in total. The van der Waals surface area contributed by atoms with Crippen LogP contribution in [0.4, 0.5) is 0 Å². The van der Waals surface area contributed by atoms with Gasteiger partial charge in [0.15, 0.2) is 0 Å². The van der Waals surface area contributed by atoms with Gasteiger partial charge in [0.05, 0.1) is 0 Å². The summed E-state index contributed by atoms with van der Waals surface area (Å²) < 4.78 is 4.38. The number of carbonyl (C=O) groups excluding carboxylic acids is 2. The predicted octanol–water partition coefficient (Wildman–Crippen LogP) is 1.11. The lowest BCUT2D eigenvalue weighted by Gasteiger charge is -2.00. The molecule has 0 heterocycles. The van der Waals surface area contributed by atoms with E-state index in [4.69, 9.17) is 5.11 Å². The van der Waals surface area contributed by atoms with Gasteiger partial charge in [0.2, 0.25) is 0 Å². The van der Waals surface area contributed by atoms with Crippen LogP contribution in [0.1, 0.15) is 39.0 Å². The highest BCUT2D eigenvalue weighted by Gasteiger charge is 2.08. The van der Waals surface area contributed by atoms with Crippen molar-refractivity contribution >= 4 is 17.9 Å². The van der Waals surface area contributed by atoms with Gasteiger partial charge in [-0.2, -0.15) is 0 Å². The molecule has 5 heteroatoms. The van der Waals surface area contributed by atoms with Gasteiger partial charge in [-0.1, -0.05) is 6.92 Å². The summed E-state index contributed by atoms with van der Waals surface area (Å²) in [7, 11) is 0. The maximum absolute atomic E-state index is 10.9. The fraction of sp³-hybridized carbons (Fsp3) is 0.667. The van der Waals surface area contributed by atoms with E-state index in [-0.39, 0.29) is 19.3 Å². The highest BCUT2D eigenvalue weighted by atomic mass is 16.6. The van der Waals surface area contributed by atoms with Crippen molar-refractivity contribution in [2.24, 2.45) is 0 Å². The van der Waals surface area contributed by atoms with Crippen LogP contribution >= 0.6 is 0 Å². The molecule has 0 fully saturated rings. The van der Waals surface area contributed by atoms with Crippen LogP contribution in [-0.4, -0.2) is 23.0 Å². The predicted molar refractivity (Wildman–Crippen MR) is 47.5 cm³/mol. The van der Waals surface area contributed by atoms with Crippen molar-refractivity contribution < 1.29 is 24.2 Å². The summed E-state index contributed by atoms with van der Waals surface area (Å²) in [6.45, 7) is 1.60. The average molecular weight is 202 g/mol. The minimum Gasteiger partial charge on any atom is -0.481 e. The van der Waals surface area contributed by atoms with Crippen LogP contribution in [0, 0.1) is 0 Å². The molecule has 0 atom stereocenters. The Morgan fingerprint density at radius 2 is 1.64 bits per heavy atom. The summed E-state index contributed by atoms with van der Waals surface area (Å²) >= 11 is 0. The van der Waals surface area contributed by atoms with Crippen molar-refractivity contribution in [3.05, 3.63) is 0 Å². The van der Waals surface area contributed by atoms with Crippen molar-refractivity contribution in [3.63, 3.8) is 0 Å². The topological polar surface area (TPSA) is 80.7 Å². The Labute approximate surface area is 82.1 Å². The Hall–Kier alpha value is -1.39. The Kier molecular flexibility index (Phi) is 6.36. The standard InChI is InChI=1S/C9H14O5/c1-2-8(12)14-9(13)6-4-3-5-7(10)11/h2-6H2,1H3,(H,10,11). The molecule has 0 saturated heterocycles. The highest BCUT2D eigenvalue weighted by Crippen LogP contribution is 2.01. The molecule has 0 aliphatic carbocycles. The molecule has 0 amide bonds. The number of hydrogen-bond donors (Lipinski definition) is 1. The quantitative estimate of drug-likeness (QED) is 0.396. The first-order valence-corrected chi connectivity index (χ1v) is 4.51. The van der Waals surface area contributed by atoms with Gasteiger partial charge in [0.25, 0.3) is 0 Å². The second-order valence-electron chi connectivity index (χ2n) is 2.80. The molecule has 0 unspecified atom stereocenters. The number of carbonyl (C=O) groups is 3. The number of carboxylic acid groups (broad SMARTS) is 1. The van der Waals surface area contributed by atoms with E-state index in [1.165, 1.54) is 0 Å². The zero-order valence-electron chi connectivity index (χ0n) is 8.12. The summed E-state index contributed by atoms with van der Waals surface area (Å²) in [4.78, 5) is 31.6. The van der Waals surface area contributed by atoms with E-state index in [0.29, 0.717) is 12.8 Å². The minimum absolute atomic E-state index is 0.0367. The first-order valence-electron chi connectivity index (χ1n) is 4.51. The van der Waals surface area contributed by atoms with Gasteiger partial charge >= 0.3 is 17.9 Å². The van der Waals surface area contributed by atoms with Crippen molar-refractivity contribution in [1.29, 1.82) is 0 Å². The largest absolute Gasteiger partial charge is 0.481 e. The molecule has 1 N–H and O–H groups in total. The highest BCUT2D eigenvalue weighted by molar-refractivity contribution is 5.85. The van der Waals surface area contributed by atoms with E-state index in [1.807, 2.05) is 0 Å². The first-order chi connectivity index (χ1) is 6.56. The summed E-state index contributed by atoms with van der Waals surface area (Å²) in [5.74, 6) is -2.02. The van der Waals surface area contributed by atoms with Crippen LogP contribution in [0.3, 0.4) is 0 Å². The summed E-state index contributed by atoms with van der Waals surface area (Å²) in [5, 5.41) is 8.29. The van der Waals surface area contributed by atoms with Crippen LogP contribution in [-0.2, 0) is 19.1 Å². The molecule has 0 saturated carbocycles. The van der Waals surface area contributed by atoms with Crippen molar-refractivity contribution in [2.75, 3.05) is 0 Å². The smallest absolute Gasteiger partial charge is 0.313 e. The van der Waals surface area contributed by atoms with Crippen molar-refractivity contribution in [1.82, 2.24) is 0 Å². The monoisotopic (exact) mass is 202 g/mol. The second-order valence-corrected chi connectivity index (χ2v) is 2.80. The maximum Gasteiger partial charge on any atom is 0.313 e. The zero-order valence-corrected chi connectivity index (χ0v) is 8.12. The third-order valence-corrected chi connectivity index (χ3v) is 1.54. The van der Waals surface area contributed by atoms with Crippen LogP contribution in [0.5, 0.6) is 0 Å². The third-order valence-electron chi connectivity index (χ3n) is 1.54. The molecule has 0 spiro atoms. The van der Waals surface area contributed by atoms with Gasteiger partial charge in [-0.25, -0.2) is 0 Å². The third kappa shape index (κ3) is 7.27. The lowest BCUT2D eigenvalue weighted by molar-refractivity contribution is -0.159. The molecule has 0 aromatic rings. The number of rotatable bonds is 6. The second kappa shape index (κ2) is 7.06. The molecular weight excluding hydrogens is 188 g/mol. The van der Waals surface area contributed by atoms with Crippen LogP contribution < -0.4 is 0 Å². The molecule has 0 aliphatic heterocycles. The van der Waals surface area contributed by atoms with E-state index < -0.39 is 17.9 Å². The molecule has 0 radical (unpaired) electrons. The van der Waals surface area contributed by atoms with Gasteiger partial charge in [0, 0.05) is 19.3 Å². The molecule has 14 heavy (non-hydrogen) atoms. The van der Waals surface area contributed by atoms with Gasteiger partial charge in [-0.3, -0.25) is 14.4 Å². The summed E-state index contributed by atoms with van der Waals surface area (Å²) in [5.41, 5.74) is 0. The van der Waals surface area contributed by atoms with E-state index in [1.54, 1.807) is 6.92 Å². The maximum atomic E-state index is 10.9. The molecule has 0 aromatic heterocycles. The lowest BCUT2D eigenvalue weighted by Crippen LogP contribution is -2.10. The molecule has 0 aromatic carbocycles. The number of carboxylic acids is 1. The molecule has 0 rings (SSSR count). The SMILES string of the molecule is CCC(=O)OC(=O)CCCCC(=O)O. The van der Waals surface area contributed by atoms with Crippen molar-refractivity contribution in [3.8, 4) is 0 Å². The summed E-state index contributed by atoms with van der Waals surface area (Å²) in [6, 6.07) is 0. The number of esters is 2. The van der Waals surface area contributed by atoms with E-state index in [2.05, 4.69) is 4.74 Å². The zero-order chi connectivity index (χ0) is 11.0.